The summed E-state index contributed by atoms with van der Waals surface area (Å²) in [6, 6.07) is 1.30. The number of anilines is 1. The van der Waals surface area contributed by atoms with Gasteiger partial charge in [-0.1, -0.05) is 0 Å². The van der Waals surface area contributed by atoms with E-state index in [0.717, 1.165) is 6.07 Å². The molecule has 0 aliphatic carbocycles. The van der Waals surface area contributed by atoms with Gasteiger partial charge < -0.3 is 15.6 Å². The normalized spacial score (nSPS) is 11.5. The predicted octanol–water partition coefficient (Wildman–Crippen LogP) is 1.80. The average molecular weight is 225 g/mol. The van der Waals surface area contributed by atoms with Crippen LogP contribution in [0, 0.1) is 5.82 Å². The molecule has 0 aliphatic rings. The van der Waals surface area contributed by atoms with Crippen LogP contribution in [0.2, 0.25) is 0 Å². The molecule has 7 heteroatoms. The van der Waals surface area contributed by atoms with Gasteiger partial charge in [0.1, 0.15) is 11.6 Å². The molecule has 15 heavy (non-hydrogen) atoms. The minimum absolute atomic E-state index is 0.260. The highest BCUT2D eigenvalue weighted by molar-refractivity contribution is 5.51. The van der Waals surface area contributed by atoms with E-state index < -0.39 is 24.5 Å². The lowest BCUT2D eigenvalue weighted by atomic mass is 10.1. The molecule has 1 rings (SSSR count). The third-order valence-corrected chi connectivity index (χ3v) is 1.60. The maximum atomic E-state index is 13.0. The van der Waals surface area contributed by atoms with E-state index in [9.17, 15) is 17.6 Å². The Morgan fingerprint density at radius 1 is 1.33 bits per heavy atom. The molecule has 0 heterocycles. The molecule has 0 fully saturated rings. The molecule has 1 aromatic carbocycles. The van der Waals surface area contributed by atoms with Crippen LogP contribution in [0.15, 0.2) is 12.1 Å². The maximum Gasteiger partial charge on any atom is 0.573 e. The Bertz CT molecular complexity index is 341. The fraction of sp³-hybridized carbons (Fsp3) is 0.250. The van der Waals surface area contributed by atoms with Gasteiger partial charge in [-0.2, -0.15) is 0 Å². The molecule has 3 nitrogen and oxygen atoms in total. The number of nitrogens with two attached hydrogens (primary N) is 1. The van der Waals surface area contributed by atoms with E-state index in [1.54, 1.807) is 0 Å². The maximum absolute atomic E-state index is 13.0. The third-order valence-electron chi connectivity index (χ3n) is 1.60. The van der Waals surface area contributed by atoms with Crippen LogP contribution in [-0.2, 0) is 6.61 Å². The van der Waals surface area contributed by atoms with Crippen molar-refractivity contribution >= 4 is 5.69 Å². The Morgan fingerprint density at radius 3 is 2.33 bits per heavy atom. The second-order valence-corrected chi connectivity index (χ2v) is 2.68. The Balaban J connectivity index is 3.04. The van der Waals surface area contributed by atoms with Crippen molar-refractivity contribution in [3.8, 4) is 5.75 Å². The van der Waals surface area contributed by atoms with Crippen molar-refractivity contribution in [3.63, 3.8) is 0 Å². The second kappa shape index (κ2) is 3.93. The summed E-state index contributed by atoms with van der Waals surface area (Å²) in [5, 5.41) is 8.64. The van der Waals surface area contributed by atoms with Crippen molar-refractivity contribution in [1.29, 1.82) is 0 Å². The van der Waals surface area contributed by atoms with Gasteiger partial charge in [-0.05, 0) is 0 Å². The van der Waals surface area contributed by atoms with Gasteiger partial charge in [0, 0.05) is 23.4 Å². The van der Waals surface area contributed by atoms with E-state index in [1.807, 2.05) is 0 Å². The number of hydrogen-bond acceptors (Lipinski definition) is 3. The van der Waals surface area contributed by atoms with Gasteiger partial charge in [0.25, 0.3) is 0 Å². The highest BCUT2D eigenvalue weighted by Crippen LogP contribution is 2.28. The average Bonchev–Trinajstić information content (AvgIpc) is 1.99. The van der Waals surface area contributed by atoms with Crippen molar-refractivity contribution in [1.82, 2.24) is 0 Å². The van der Waals surface area contributed by atoms with Crippen LogP contribution in [0.4, 0.5) is 23.2 Å². The zero-order valence-electron chi connectivity index (χ0n) is 7.31. The van der Waals surface area contributed by atoms with Crippen LogP contribution in [0.5, 0.6) is 5.75 Å². The first kappa shape index (κ1) is 11.6. The minimum atomic E-state index is -4.90. The summed E-state index contributed by atoms with van der Waals surface area (Å²) < 4.78 is 51.7. The quantitative estimate of drug-likeness (QED) is 0.596. The van der Waals surface area contributed by atoms with Crippen molar-refractivity contribution in [3.05, 3.63) is 23.5 Å². The smallest absolute Gasteiger partial charge is 0.406 e. The van der Waals surface area contributed by atoms with E-state index >= 15 is 0 Å². The van der Waals surface area contributed by atoms with Crippen LogP contribution in [0.25, 0.3) is 0 Å². The molecule has 1 aromatic rings. The molecule has 0 saturated carbocycles. The Labute approximate surface area is 82.1 Å². The Kier molecular flexibility index (Phi) is 3.04. The summed E-state index contributed by atoms with van der Waals surface area (Å²) in [5.41, 5.74) is 4.65. The van der Waals surface area contributed by atoms with Gasteiger partial charge >= 0.3 is 6.36 Å². The van der Waals surface area contributed by atoms with Crippen molar-refractivity contribution in [2.75, 3.05) is 5.73 Å². The number of alkyl halides is 3. The largest absolute Gasteiger partial charge is 0.573 e. The fourth-order valence-corrected chi connectivity index (χ4v) is 0.991. The number of ether oxygens (including phenoxy) is 1. The number of aliphatic hydroxyl groups is 1. The predicted molar refractivity (Wildman–Crippen MR) is 43.4 cm³/mol. The molecule has 0 unspecified atom stereocenters. The Hall–Kier alpha value is -1.50. The zero-order chi connectivity index (χ0) is 11.6. The van der Waals surface area contributed by atoms with Gasteiger partial charge in [0.2, 0.25) is 0 Å². The summed E-state index contributed by atoms with van der Waals surface area (Å²) in [6.07, 6.45) is -4.90. The summed E-state index contributed by atoms with van der Waals surface area (Å²) >= 11 is 0. The molecule has 0 aliphatic heterocycles. The van der Waals surface area contributed by atoms with Crippen LogP contribution in [0.1, 0.15) is 5.56 Å². The van der Waals surface area contributed by atoms with Gasteiger partial charge in [-0.15, -0.1) is 13.2 Å². The monoisotopic (exact) mass is 225 g/mol. The molecule has 3 N–H and O–H groups in total. The van der Waals surface area contributed by atoms with E-state index in [-0.39, 0.29) is 11.3 Å². The van der Waals surface area contributed by atoms with Crippen LogP contribution in [-0.4, -0.2) is 11.5 Å². The van der Waals surface area contributed by atoms with E-state index in [4.69, 9.17) is 10.8 Å². The van der Waals surface area contributed by atoms with E-state index in [0.29, 0.717) is 6.07 Å². The third kappa shape index (κ3) is 2.98. The zero-order valence-corrected chi connectivity index (χ0v) is 7.31. The molecular weight excluding hydrogens is 218 g/mol. The molecule has 0 spiro atoms. The van der Waals surface area contributed by atoms with Crippen molar-refractivity contribution < 1.29 is 27.4 Å². The lowest BCUT2D eigenvalue weighted by molar-refractivity contribution is -0.274. The van der Waals surface area contributed by atoms with E-state index in [1.165, 1.54) is 0 Å². The van der Waals surface area contributed by atoms with E-state index in [2.05, 4.69) is 4.74 Å². The number of rotatable bonds is 2. The van der Waals surface area contributed by atoms with Gasteiger partial charge in [0.15, 0.2) is 0 Å². The van der Waals surface area contributed by atoms with Gasteiger partial charge in [-0.25, -0.2) is 4.39 Å². The molecule has 0 amide bonds. The minimum Gasteiger partial charge on any atom is -0.406 e. The standard InChI is InChI=1S/C8H7F4NO2/c9-6-1-4(15-8(10,11)12)2-7(13)5(6)3-14/h1-2,14H,3,13H2. The lowest BCUT2D eigenvalue weighted by Gasteiger charge is -2.11. The van der Waals surface area contributed by atoms with Crippen molar-refractivity contribution in [2.24, 2.45) is 0 Å². The number of aliphatic hydroxyl groups excluding tert-OH is 1. The molecule has 0 radical (unpaired) electrons. The molecule has 0 bridgehead atoms. The number of halogens is 4. The molecule has 0 saturated heterocycles. The van der Waals surface area contributed by atoms with Crippen LogP contribution in [0.3, 0.4) is 0 Å². The van der Waals surface area contributed by atoms with Gasteiger partial charge in [-0.3, -0.25) is 0 Å². The first-order valence-corrected chi connectivity index (χ1v) is 3.78. The van der Waals surface area contributed by atoms with Crippen molar-refractivity contribution in [2.45, 2.75) is 13.0 Å². The molecule has 0 aromatic heterocycles. The fourth-order valence-electron chi connectivity index (χ4n) is 0.991. The highest BCUT2D eigenvalue weighted by atomic mass is 19.4. The van der Waals surface area contributed by atoms with Crippen LogP contribution >= 0.6 is 0 Å². The lowest BCUT2D eigenvalue weighted by Crippen LogP contribution is -2.17. The first-order chi connectivity index (χ1) is 6.83. The second-order valence-electron chi connectivity index (χ2n) is 2.68. The molecule has 84 valence electrons. The highest BCUT2D eigenvalue weighted by Gasteiger charge is 2.31. The number of nitrogen functional groups attached to an aromatic ring is 1. The molecular formula is C8H7F4NO2. The summed E-state index contributed by atoms with van der Waals surface area (Å²) in [4.78, 5) is 0. The first-order valence-electron chi connectivity index (χ1n) is 3.78. The molecule has 0 atom stereocenters. The Morgan fingerprint density at radius 2 is 1.93 bits per heavy atom. The number of benzene rings is 1. The topological polar surface area (TPSA) is 55.5 Å². The van der Waals surface area contributed by atoms with Crippen LogP contribution < -0.4 is 10.5 Å². The SMILES string of the molecule is Nc1cc(OC(F)(F)F)cc(F)c1CO. The van der Waals surface area contributed by atoms with Gasteiger partial charge in [0.05, 0.1) is 6.61 Å². The summed E-state index contributed by atoms with van der Waals surface area (Å²) in [7, 11) is 0. The summed E-state index contributed by atoms with van der Waals surface area (Å²) in [6.45, 7) is -0.691. The number of hydrogen-bond donors (Lipinski definition) is 2. The summed E-state index contributed by atoms with van der Waals surface area (Å²) in [5.74, 6) is -1.80.